The molecule has 2 aromatic carbocycles. The number of ether oxygens (including phenoxy) is 1. The predicted molar refractivity (Wildman–Crippen MR) is 124 cm³/mol. The quantitative estimate of drug-likeness (QED) is 0.441. The summed E-state index contributed by atoms with van der Waals surface area (Å²) >= 11 is 0. The SMILES string of the molecule is Cc1nn(Cc2ccccc2)c(C)c1NC(=O)c1ccc(OCc2nnnn2C(C)C)cc1. The maximum absolute atomic E-state index is 12.8. The topological polar surface area (TPSA) is 99.8 Å². The van der Waals surface area contributed by atoms with Gasteiger partial charge in [-0.3, -0.25) is 9.48 Å². The monoisotopic (exact) mass is 445 g/mol. The van der Waals surface area contributed by atoms with Crippen LogP contribution in [0.3, 0.4) is 0 Å². The molecule has 0 aliphatic rings. The molecule has 0 radical (unpaired) electrons. The lowest BCUT2D eigenvalue weighted by Crippen LogP contribution is -2.13. The third-order valence-electron chi connectivity index (χ3n) is 5.33. The average molecular weight is 446 g/mol. The Morgan fingerprint density at radius 3 is 2.48 bits per heavy atom. The number of hydrogen-bond acceptors (Lipinski definition) is 6. The first kappa shape index (κ1) is 22.2. The molecule has 0 atom stereocenters. The van der Waals surface area contributed by atoms with Gasteiger partial charge in [0.1, 0.15) is 12.4 Å². The Labute approximate surface area is 192 Å². The number of aryl methyl sites for hydroxylation is 1. The highest BCUT2D eigenvalue weighted by molar-refractivity contribution is 6.04. The molecule has 2 aromatic heterocycles. The normalized spacial score (nSPS) is 11.1. The summed E-state index contributed by atoms with van der Waals surface area (Å²) in [6.45, 7) is 8.75. The second kappa shape index (κ2) is 9.64. The van der Waals surface area contributed by atoms with Gasteiger partial charge < -0.3 is 10.1 Å². The van der Waals surface area contributed by atoms with Crippen molar-refractivity contribution in [2.75, 3.05) is 5.32 Å². The van der Waals surface area contributed by atoms with E-state index in [1.54, 1.807) is 28.9 Å². The first-order valence-electron chi connectivity index (χ1n) is 10.8. The summed E-state index contributed by atoms with van der Waals surface area (Å²) in [6, 6.07) is 17.2. The van der Waals surface area contributed by atoms with Crippen molar-refractivity contribution in [3.05, 3.63) is 82.9 Å². The van der Waals surface area contributed by atoms with Gasteiger partial charge in [0.25, 0.3) is 5.91 Å². The van der Waals surface area contributed by atoms with Gasteiger partial charge in [0.2, 0.25) is 0 Å². The number of aromatic nitrogens is 6. The van der Waals surface area contributed by atoms with Gasteiger partial charge in [-0.1, -0.05) is 30.3 Å². The van der Waals surface area contributed by atoms with Crippen LogP contribution in [0.2, 0.25) is 0 Å². The summed E-state index contributed by atoms with van der Waals surface area (Å²) in [7, 11) is 0. The molecule has 0 fully saturated rings. The summed E-state index contributed by atoms with van der Waals surface area (Å²) in [5, 5.41) is 19.3. The van der Waals surface area contributed by atoms with E-state index in [0.29, 0.717) is 23.7 Å². The number of anilines is 1. The number of amides is 1. The highest BCUT2D eigenvalue weighted by Gasteiger charge is 2.16. The van der Waals surface area contributed by atoms with Crippen molar-refractivity contribution in [2.24, 2.45) is 0 Å². The molecule has 0 spiro atoms. The zero-order valence-electron chi connectivity index (χ0n) is 19.2. The summed E-state index contributed by atoms with van der Waals surface area (Å²) < 4.78 is 9.40. The van der Waals surface area contributed by atoms with Crippen molar-refractivity contribution >= 4 is 11.6 Å². The Morgan fingerprint density at radius 1 is 1.06 bits per heavy atom. The number of carbonyl (C=O) groups excluding carboxylic acids is 1. The Hall–Kier alpha value is -4.01. The molecular weight excluding hydrogens is 418 g/mol. The lowest BCUT2D eigenvalue weighted by atomic mass is 10.2. The Morgan fingerprint density at radius 2 is 1.79 bits per heavy atom. The first-order chi connectivity index (χ1) is 15.9. The highest BCUT2D eigenvalue weighted by atomic mass is 16.5. The van der Waals surface area contributed by atoms with E-state index in [4.69, 9.17) is 4.74 Å². The van der Waals surface area contributed by atoms with Gasteiger partial charge in [-0.15, -0.1) is 5.10 Å². The predicted octanol–water partition coefficient (Wildman–Crippen LogP) is 3.95. The van der Waals surface area contributed by atoms with Crippen molar-refractivity contribution < 1.29 is 9.53 Å². The van der Waals surface area contributed by atoms with Gasteiger partial charge in [-0.2, -0.15) is 5.10 Å². The van der Waals surface area contributed by atoms with Crippen LogP contribution in [0, 0.1) is 13.8 Å². The van der Waals surface area contributed by atoms with Crippen LogP contribution < -0.4 is 10.1 Å². The van der Waals surface area contributed by atoms with E-state index in [1.165, 1.54) is 0 Å². The molecule has 0 saturated carbocycles. The van der Waals surface area contributed by atoms with E-state index in [9.17, 15) is 4.79 Å². The van der Waals surface area contributed by atoms with Crippen LogP contribution in [0.15, 0.2) is 54.6 Å². The van der Waals surface area contributed by atoms with Crippen LogP contribution in [0.25, 0.3) is 0 Å². The molecule has 0 saturated heterocycles. The Bertz CT molecular complexity index is 1230. The minimum absolute atomic E-state index is 0.147. The first-order valence-corrected chi connectivity index (χ1v) is 10.8. The van der Waals surface area contributed by atoms with Gasteiger partial charge in [-0.05, 0) is 68.0 Å². The van der Waals surface area contributed by atoms with E-state index < -0.39 is 0 Å². The zero-order valence-corrected chi connectivity index (χ0v) is 19.2. The minimum atomic E-state index is -0.198. The molecule has 4 rings (SSSR count). The highest BCUT2D eigenvalue weighted by Crippen LogP contribution is 2.22. The van der Waals surface area contributed by atoms with Crippen LogP contribution in [0.1, 0.15) is 53.0 Å². The molecule has 9 heteroatoms. The Balaban J connectivity index is 1.40. The molecule has 0 unspecified atom stereocenters. The second-order valence-electron chi connectivity index (χ2n) is 8.09. The molecular formula is C24H27N7O2. The van der Waals surface area contributed by atoms with Crippen LogP contribution in [-0.2, 0) is 13.2 Å². The molecule has 9 nitrogen and oxygen atoms in total. The van der Waals surface area contributed by atoms with Crippen molar-refractivity contribution in [1.82, 2.24) is 30.0 Å². The van der Waals surface area contributed by atoms with Gasteiger partial charge in [0.15, 0.2) is 5.82 Å². The standard InChI is InChI=1S/C24H27N7O2/c1-16(2)31-22(26-28-29-31)15-33-21-12-10-20(11-13-21)24(32)25-23-17(3)27-30(18(23)4)14-19-8-6-5-7-9-19/h5-13,16H,14-15H2,1-4H3,(H,25,32). The number of benzene rings is 2. The van der Waals surface area contributed by atoms with Crippen LogP contribution >= 0.6 is 0 Å². The van der Waals surface area contributed by atoms with Crippen LogP contribution in [-0.4, -0.2) is 35.9 Å². The fraction of sp³-hybridized carbons (Fsp3) is 0.292. The fourth-order valence-electron chi connectivity index (χ4n) is 3.53. The van der Waals surface area contributed by atoms with E-state index in [0.717, 1.165) is 22.6 Å². The number of hydrogen-bond donors (Lipinski definition) is 1. The largest absolute Gasteiger partial charge is 0.486 e. The molecule has 2 heterocycles. The molecule has 0 aliphatic heterocycles. The van der Waals surface area contributed by atoms with Gasteiger partial charge in [-0.25, -0.2) is 4.68 Å². The molecule has 0 bridgehead atoms. The number of tetrazole rings is 1. The second-order valence-corrected chi connectivity index (χ2v) is 8.09. The zero-order chi connectivity index (χ0) is 23.4. The third kappa shape index (κ3) is 5.08. The smallest absolute Gasteiger partial charge is 0.255 e. The maximum Gasteiger partial charge on any atom is 0.255 e. The molecule has 4 aromatic rings. The summed E-state index contributed by atoms with van der Waals surface area (Å²) in [5.74, 6) is 1.08. The lowest BCUT2D eigenvalue weighted by Gasteiger charge is -2.10. The van der Waals surface area contributed by atoms with Crippen molar-refractivity contribution in [3.63, 3.8) is 0 Å². The number of nitrogens with one attached hydrogen (secondary N) is 1. The van der Waals surface area contributed by atoms with E-state index in [-0.39, 0.29) is 18.6 Å². The lowest BCUT2D eigenvalue weighted by molar-refractivity contribution is 0.102. The van der Waals surface area contributed by atoms with Crippen LogP contribution in [0.4, 0.5) is 5.69 Å². The third-order valence-corrected chi connectivity index (χ3v) is 5.33. The molecule has 170 valence electrons. The van der Waals surface area contributed by atoms with E-state index in [1.807, 2.05) is 50.6 Å². The van der Waals surface area contributed by atoms with Crippen molar-refractivity contribution in [2.45, 2.75) is 46.9 Å². The molecule has 1 amide bonds. The van der Waals surface area contributed by atoms with E-state index >= 15 is 0 Å². The molecule has 1 N–H and O–H groups in total. The maximum atomic E-state index is 12.8. The summed E-state index contributed by atoms with van der Waals surface area (Å²) in [6.07, 6.45) is 0. The van der Waals surface area contributed by atoms with Crippen molar-refractivity contribution in [1.29, 1.82) is 0 Å². The minimum Gasteiger partial charge on any atom is -0.486 e. The molecule has 33 heavy (non-hydrogen) atoms. The van der Waals surface area contributed by atoms with E-state index in [2.05, 4.69) is 38.1 Å². The van der Waals surface area contributed by atoms with Gasteiger partial charge in [0.05, 0.1) is 29.7 Å². The summed E-state index contributed by atoms with van der Waals surface area (Å²) in [4.78, 5) is 12.8. The van der Waals surface area contributed by atoms with Gasteiger partial charge in [0, 0.05) is 5.56 Å². The van der Waals surface area contributed by atoms with Gasteiger partial charge >= 0.3 is 0 Å². The number of nitrogens with zero attached hydrogens (tertiary/aromatic N) is 6. The number of rotatable bonds is 8. The van der Waals surface area contributed by atoms with Crippen molar-refractivity contribution in [3.8, 4) is 5.75 Å². The number of carbonyl (C=O) groups is 1. The average Bonchev–Trinajstić information content (AvgIpc) is 3.39. The fourth-order valence-corrected chi connectivity index (χ4v) is 3.53. The molecule has 0 aliphatic carbocycles. The Kier molecular flexibility index (Phi) is 6.48. The van der Waals surface area contributed by atoms with Crippen LogP contribution in [0.5, 0.6) is 5.75 Å². The summed E-state index contributed by atoms with van der Waals surface area (Å²) in [5.41, 5.74) is 4.10.